The second kappa shape index (κ2) is 12.6. The molecule has 2 aromatic rings. The largest absolute Gasteiger partial charge is 0.496 e. The van der Waals surface area contributed by atoms with Gasteiger partial charge in [0.15, 0.2) is 11.5 Å². The number of carbonyl (C=O) groups is 1. The Bertz CT molecular complexity index is 869. The van der Waals surface area contributed by atoms with Crippen LogP contribution in [-0.2, 0) is 11.3 Å². The van der Waals surface area contributed by atoms with Crippen LogP contribution in [0, 0.1) is 0 Å². The van der Waals surface area contributed by atoms with E-state index >= 15 is 0 Å². The Morgan fingerprint density at radius 1 is 1.03 bits per heavy atom. The lowest BCUT2D eigenvalue weighted by molar-refractivity contribution is 0.0779. The molecule has 3 rings (SSSR count). The van der Waals surface area contributed by atoms with E-state index in [1.165, 1.54) is 0 Å². The monoisotopic (exact) mass is 473 g/mol. The highest BCUT2D eigenvalue weighted by molar-refractivity contribution is 5.95. The number of rotatable bonds is 8. The summed E-state index contributed by atoms with van der Waals surface area (Å²) in [5, 5.41) is 6.21. The van der Waals surface area contributed by atoms with Crippen LogP contribution in [0.4, 0.5) is 0 Å². The molecule has 0 aliphatic carbocycles. The summed E-state index contributed by atoms with van der Waals surface area (Å²) in [4.78, 5) is 12.7. The predicted molar refractivity (Wildman–Crippen MR) is 123 cm³/mol. The maximum atomic E-state index is 12.7. The van der Waals surface area contributed by atoms with Crippen molar-refractivity contribution in [2.45, 2.75) is 18.7 Å². The van der Waals surface area contributed by atoms with E-state index in [1.807, 2.05) is 6.07 Å². The zero-order valence-corrected chi connectivity index (χ0v) is 19.3. The molecule has 0 spiro atoms. The first-order chi connectivity index (χ1) is 14.1. The third kappa shape index (κ3) is 6.38. The Morgan fingerprint density at radius 2 is 1.77 bits per heavy atom. The summed E-state index contributed by atoms with van der Waals surface area (Å²) in [6, 6.07) is 10.4. The molecule has 1 saturated heterocycles. The van der Waals surface area contributed by atoms with Crippen molar-refractivity contribution in [3.05, 3.63) is 47.5 Å². The summed E-state index contributed by atoms with van der Waals surface area (Å²) in [7, 11) is 4.77. The van der Waals surface area contributed by atoms with Crippen molar-refractivity contribution in [3.8, 4) is 23.0 Å². The van der Waals surface area contributed by atoms with Crippen LogP contribution >= 0.6 is 24.8 Å². The van der Waals surface area contributed by atoms with E-state index in [0.29, 0.717) is 48.2 Å². The highest BCUT2D eigenvalue weighted by Crippen LogP contribution is 2.34. The number of benzene rings is 2. The molecule has 1 amide bonds. The summed E-state index contributed by atoms with van der Waals surface area (Å²) in [5.41, 5.74) is 7.05. The number of hydrogen-bond acceptors (Lipinski definition) is 7. The molecule has 1 heterocycles. The third-order valence-corrected chi connectivity index (χ3v) is 4.91. The van der Waals surface area contributed by atoms with E-state index in [2.05, 4.69) is 10.6 Å². The van der Waals surface area contributed by atoms with Gasteiger partial charge in [-0.25, -0.2) is 0 Å². The van der Waals surface area contributed by atoms with Gasteiger partial charge in [0.25, 0.3) is 5.91 Å². The molecule has 1 aliphatic rings. The van der Waals surface area contributed by atoms with E-state index in [0.717, 1.165) is 5.56 Å². The molecule has 0 unspecified atom stereocenters. The van der Waals surface area contributed by atoms with E-state index in [4.69, 9.17) is 24.7 Å². The van der Waals surface area contributed by atoms with Crippen LogP contribution in [-0.4, -0.2) is 52.5 Å². The SMILES string of the molecule is COc1cc(Oc2cc(C(=O)N[C@H]3CNC[C@@H]3OC)ccc2OC)ccc1CN.Cl.Cl. The first-order valence-corrected chi connectivity index (χ1v) is 9.36. The number of carbonyl (C=O) groups excluding carboxylic acids is 1. The smallest absolute Gasteiger partial charge is 0.251 e. The van der Waals surface area contributed by atoms with Crippen LogP contribution in [0.3, 0.4) is 0 Å². The van der Waals surface area contributed by atoms with Crippen LogP contribution in [0.2, 0.25) is 0 Å². The number of nitrogens with one attached hydrogen (secondary N) is 2. The van der Waals surface area contributed by atoms with Crippen molar-refractivity contribution in [2.24, 2.45) is 5.73 Å². The van der Waals surface area contributed by atoms with Crippen LogP contribution in [0.1, 0.15) is 15.9 Å². The molecule has 31 heavy (non-hydrogen) atoms. The van der Waals surface area contributed by atoms with Gasteiger partial charge in [0.05, 0.1) is 26.4 Å². The molecule has 0 radical (unpaired) electrons. The van der Waals surface area contributed by atoms with Crippen LogP contribution in [0.5, 0.6) is 23.0 Å². The first kappa shape index (κ1) is 26.8. The van der Waals surface area contributed by atoms with Crippen LogP contribution in [0.25, 0.3) is 0 Å². The standard InChI is InChI=1S/C21H27N3O5.2ClH/c1-26-17-7-5-13(21(25)24-16-11-23-12-20(16)28-3)8-19(17)29-15-6-4-14(10-22)18(9-15)27-2;;/h4-9,16,20,23H,10-12,22H2,1-3H3,(H,24,25);2*1H/t16-,20-;;/m0../s1. The van der Waals surface area contributed by atoms with Crippen molar-refractivity contribution in [3.63, 3.8) is 0 Å². The summed E-state index contributed by atoms with van der Waals surface area (Å²) in [5.74, 6) is 1.92. The molecule has 1 aliphatic heterocycles. The Morgan fingerprint density at radius 3 is 2.42 bits per heavy atom. The second-order valence-electron chi connectivity index (χ2n) is 6.66. The second-order valence-corrected chi connectivity index (χ2v) is 6.66. The van der Waals surface area contributed by atoms with Gasteiger partial charge in [-0.05, 0) is 24.3 Å². The lowest BCUT2D eigenvalue weighted by Gasteiger charge is -2.19. The summed E-state index contributed by atoms with van der Waals surface area (Å²) in [6.07, 6.45) is -0.0542. The Balaban J connectivity index is 0.00000240. The van der Waals surface area contributed by atoms with E-state index < -0.39 is 0 Å². The minimum atomic E-state index is -0.204. The topological polar surface area (TPSA) is 104 Å². The Labute approximate surface area is 194 Å². The number of nitrogens with two attached hydrogens (primary N) is 1. The number of halogens is 2. The molecule has 2 atom stereocenters. The maximum absolute atomic E-state index is 12.7. The molecule has 0 saturated carbocycles. The lowest BCUT2D eigenvalue weighted by Crippen LogP contribution is -2.43. The minimum Gasteiger partial charge on any atom is -0.496 e. The van der Waals surface area contributed by atoms with Crippen molar-refractivity contribution in [1.29, 1.82) is 0 Å². The highest BCUT2D eigenvalue weighted by Gasteiger charge is 2.28. The summed E-state index contributed by atoms with van der Waals surface area (Å²) in [6.45, 7) is 1.73. The number of methoxy groups -OCH3 is 3. The molecule has 172 valence electrons. The minimum absolute atomic E-state index is 0. The van der Waals surface area contributed by atoms with Gasteiger partial charge in [-0.1, -0.05) is 6.07 Å². The van der Waals surface area contributed by atoms with Gasteiger partial charge < -0.3 is 35.3 Å². The van der Waals surface area contributed by atoms with E-state index in [9.17, 15) is 4.79 Å². The predicted octanol–water partition coefficient (Wildman–Crippen LogP) is 2.52. The van der Waals surface area contributed by atoms with Crippen molar-refractivity contribution < 1.29 is 23.7 Å². The molecular formula is C21H29Cl2N3O5. The van der Waals surface area contributed by atoms with Gasteiger partial charge in [-0.15, -0.1) is 24.8 Å². The van der Waals surface area contributed by atoms with Crippen LogP contribution < -0.4 is 30.6 Å². The van der Waals surface area contributed by atoms with Crippen LogP contribution in [0.15, 0.2) is 36.4 Å². The summed E-state index contributed by atoms with van der Waals surface area (Å²) >= 11 is 0. The van der Waals surface area contributed by atoms with Gasteiger partial charge in [0.1, 0.15) is 11.5 Å². The molecule has 4 N–H and O–H groups in total. The molecule has 1 fully saturated rings. The molecular weight excluding hydrogens is 445 g/mol. The number of hydrogen-bond donors (Lipinski definition) is 3. The third-order valence-electron chi connectivity index (χ3n) is 4.91. The molecule has 8 nitrogen and oxygen atoms in total. The molecule has 2 aromatic carbocycles. The van der Waals surface area contributed by atoms with Crippen molar-refractivity contribution >= 4 is 30.7 Å². The highest BCUT2D eigenvalue weighted by atomic mass is 35.5. The van der Waals surface area contributed by atoms with Gasteiger partial charge in [-0.2, -0.15) is 0 Å². The molecule has 0 aromatic heterocycles. The first-order valence-electron chi connectivity index (χ1n) is 9.36. The number of amides is 1. The quantitative estimate of drug-likeness (QED) is 0.540. The Kier molecular flexibility index (Phi) is 10.9. The fourth-order valence-electron chi connectivity index (χ4n) is 3.28. The van der Waals surface area contributed by atoms with Gasteiger partial charge in [-0.3, -0.25) is 4.79 Å². The van der Waals surface area contributed by atoms with E-state index in [1.54, 1.807) is 51.7 Å². The maximum Gasteiger partial charge on any atom is 0.251 e. The molecule has 10 heteroatoms. The average Bonchev–Trinajstić information content (AvgIpc) is 3.20. The fourth-order valence-corrected chi connectivity index (χ4v) is 3.28. The normalized spacial score (nSPS) is 17.2. The van der Waals surface area contributed by atoms with Gasteiger partial charge in [0, 0.05) is 43.9 Å². The zero-order chi connectivity index (χ0) is 20.8. The zero-order valence-electron chi connectivity index (χ0n) is 17.7. The fraction of sp³-hybridized carbons (Fsp3) is 0.381. The Hall–Kier alpha value is -2.23. The molecule has 0 bridgehead atoms. The summed E-state index contributed by atoms with van der Waals surface area (Å²) < 4.78 is 22.1. The lowest BCUT2D eigenvalue weighted by atomic mass is 10.1. The van der Waals surface area contributed by atoms with Crippen molar-refractivity contribution in [2.75, 3.05) is 34.4 Å². The van der Waals surface area contributed by atoms with E-state index in [-0.39, 0.29) is 42.9 Å². The van der Waals surface area contributed by atoms with Gasteiger partial charge >= 0.3 is 0 Å². The van der Waals surface area contributed by atoms with Gasteiger partial charge in [0.2, 0.25) is 0 Å². The average molecular weight is 474 g/mol. The van der Waals surface area contributed by atoms with Crippen molar-refractivity contribution in [1.82, 2.24) is 10.6 Å². The number of ether oxygens (including phenoxy) is 4.